The molecule has 0 bridgehead atoms. The van der Waals surface area contributed by atoms with Crippen molar-refractivity contribution in [3.8, 4) is 0 Å². The van der Waals surface area contributed by atoms with Gasteiger partial charge in [0.2, 0.25) is 0 Å². The fourth-order valence-corrected chi connectivity index (χ4v) is 3.54. The molecule has 1 saturated heterocycles. The van der Waals surface area contributed by atoms with E-state index in [1.54, 1.807) is 0 Å². The first kappa shape index (κ1) is 17.2. The summed E-state index contributed by atoms with van der Waals surface area (Å²) in [6.45, 7) is 9.96. The second-order valence-corrected chi connectivity index (χ2v) is 6.85. The molecule has 2 rings (SSSR count). The molecule has 1 unspecified atom stereocenters. The van der Waals surface area contributed by atoms with Crippen molar-refractivity contribution in [3.63, 3.8) is 0 Å². The predicted octanol–water partition coefficient (Wildman–Crippen LogP) is 2.72. The summed E-state index contributed by atoms with van der Waals surface area (Å²) in [6, 6.07) is 2.65. The first-order chi connectivity index (χ1) is 10.4. The van der Waals surface area contributed by atoms with Gasteiger partial charge in [0.05, 0.1) is 6.54 Å². The minimum absolute atomic E-state index is 0.273. The van der Waals surface area contributed by atoms with Crippen molar-refractivity contribution in [2.24, 2.45) is 0 Å². The van der Waals surface area contributed by atoms with E-state index in [4.69, 9.17) is 0 Å². The summed E-state index contributed by atoms with van der Waals surface area (Å²) < 4.78 is 2.27. The maximum absolute atomic E-state index is 12.7. The highest BCUT2D eigenvalue weighted by Crippen LogP contribution is 2.19. The number of aromatic nitrogens is 1. The molecule has 1 aromatic rings. The van der Waals surface area contributed by atoms with Crippen LogP contribution >= 0.6 is 0 Å². The molecular formula is C18H31N3O. The molecule has 1 atom stereocenters. The number of carbonyl (C=O) groups is 1. The zero-order valence-corrected chi connectivity index (χ0v) is 14.9. The van der Waals surface area contributed by atoms with E-state index in [1.165, 1.54) is 18.5 Å². The standard InChI is InChI=1S/C18H31N3O/c1-6-9-21-14(2)11-17(15(21)3)18(22)13-20-10-7-8-16(12-20)19(4)5/h11,16H,6-10,12-13H2,1-5H3. The van der Waals surface area contributed by atoms with Crippen molar-refractivity contribution in [2.75, 3.05) is 33.7 Å². The molecular weight excluding hydrogens is 274 g/mol. The quantitative estimate of drug-likeness (QED) is 0.757. The van der Waals surface area contributed by atoms with Gasteiger partial charge in [-0.1, -0.05) is 6.92 Å². The van der Waals surface area contributed by atoms with Crippen LogP contribution in [0.5, 0.6) is 0 Å². The van der Waals surface area contributed by atoms with Crippen molar-refractivity contribution in [3.05, 3.63) is 23.0 Å². The van der Waals surface area contributed by atoms with Gasteiger partial charge in [0, 0.05) is 36.1 Å². The van der Waals surface area contributed by atoms with Gasteiger partial charge in [-0.15, -0.1) is 0 Å². The molecule has 1 aliphatic rings. The van der Waals surface area contributed by atoms with E-state index >= 15 is 0 Å². The number of aryl methyl sites for hydroxylation is 1. The number of likely N-dealkylation sites (N-methyl/N-ethyl adjacent to an activating group) is 1. The molecule has 0 spiro atoms. The summed E-state index contributed by atoms with van der Waals surface area (Å²) in [6.07, 6.45) is 3.52. The third-order valence-electron chi connectivity index (χ3n) is 4.90. The topological polar surface area (TPSA) is 28.5 Å². The Labute approximate surface area is 135 Å². The summed E-state index contributed by atoms with van der Waals surface area (Å²) in [5, 5.41) is 0. The minimum Gasteiger partial charge on any atom is -0.348 e. The molecule has 4 heteroatoms. The lowest BCUT2D eigenvalue weighted by atomic mass is 10.0. The van der Waals surface area contributed by atoms with Crippen LogP contribution in [0, 0.1) is 13.8 Å². The zero-order valence-electron chi connectivity index (χ0n) is 14.9. The van der Waals surface area contributed by atoms with Gasteiger partial charge < -0.3 is 9.47 Å². The van der Waals surface area contributed by atoms with Gasteiger partial charge in [-0.3, -0.25) is 9.69 Å². The van der Waals surface area contributed by atoms with Crippen molar-refractivity contribution in [1.82, 2.24) is 14.4 Å². The van der Waals surface area contributed by atoms with Crippen LogP contribution in [0.2, 0.25) is 0 Å². The number of hydrogen-bond acceptors (Lipinski definition) is 3. The summed E-state index contributed by atoms with van der Waals surface area (Å²) in [5.41, 5.74) is 3.25. The Morgan fingerprint density at radius 3 is 2.73 bits per heavy atom. The van der Waals surface area contributed by atoms with E-state index in [-0.39, 0.29) is 5.78 Å². The normalized spacial score (nSPS) is 19.8. The number of rotatable bonds is 6. The third kappa shape index (κ3) is 3.79. The molecule has 1 aromatic heterocycles. The highest BCUT2D eigenvalue weighted by molar-refractivity contribution is 5.99. The average molecular weight is 305 g/mol. The van der Waals surface area contributed by atoms with Crippen molar-refractivity contribution >= 4 is 5.78 Å². The number of carbonyl (C=O) groups excluding carboxylic acids is 1. The molecule has 0 N–H and O–H groups in total. The molecule has 124 valence electrons. The van der Waals surface area contributed by atoms with Crippen LogP contribution in [0.15, 0.2) is 6.07 Å². The Hall–Kier alpha value is -1.13. The summed E-state index contributed by atoms with van der Waals surface area (Å²) in [4.78, 5) is 17.3. The lowest BCUT2D eigenvalue weighted by molar-refractivity contribution is 0.0851. The van der Waals surface area contributed by atoms with Gasteiger partial charge >= 0.3 is 0 Å². The summed E-state index contributed by atoms with van der Waals surface area (Å²) in [7, 11) is 4.27. The maximum atomic E-state index is 12.7. The molecule has 4 nitrogen and oxygen atoms in total. The fourth-order valence-electron chi connectivity index (χ4n) is 3.54. The van der Waals surface area contributed by atoms with Crippen LogP contribution in [-0.2, 0) is 6.54 Å². The first-order valence-corrected chi connectivity index (χ1v) is 8.52. The van der Waals surface area contributed by atoms with E-state index in [0.29, 0.717) is 12.6 Å². The lowest BCUT2D eigenvalue weighted by Gasteiger charge is -2.35. The number of nitrogens with zero attached hydrogens (tertiary/aromatic N) is 3. The summed E-state index contributed by atoms with van der Waals surface area (Å²) >= 11 is 0. The van der Waals surface area contributed by atoms with Gasteiger partial charge in [0.15, 0.2) is 5.78 Å². The van der Waals surface area contributed by atoms with Crippen LogP contribution in [0.1, 0.15) is 47.9 Å². The molecule has 2 heterocycles. The lowest BCUT2D eigenvalue weighted by Crippen LogP contribution is -2.46. The van der Waals surface area contributed by atoms with Crippen molar-refractivity contribution in [1.29, 1.82) is 0 Å². The van der Waals surface area contributed by atoms with Crippen molar-refractivity contribution < 1.29 is 4.79 Å². The second-order valence-electron chi connectivity index (χ2n) is 6.85. The Morgan fingerprint density at radius 1 is 1.36 bits per heavy atom. The number of likely N-dealkylation sites (tertiary alicyclic amines) is 1. The maximum Gasteiger partial charge on any atom is 0.178 e. The fraction of sp³-hybridized carbons (Fsp3) is 0.722. The van der Waals surface area contributed by atoms with Crippen molar-refractivity contribution in [2.45, 2.75) is 52.6 Å². The Balaban J connectivity index is 2.05. The SMILES string of the molecule is CCCn1c(C)cc(C(=O)CN2CCCC(N(C)C)C2)c1C. The third-order valence-corrected chi connectivity index (χ3v) is 4.90. The molecule has 0 aromatic carbocycles. The van der Waals surface area contributed by atoms with Gasteiger partial charge in [0.25, 0.3) is 0 Å². The van der Waals surface area contributed by atoms with E-state index in [2.05, 4.69) is 55.3 Å². The molecule has 1 aliphatic heterocycles. The molecule has 22 heavy (non-hydrogen) atoms. The number of ketones is 1. The van der Waals surface area contributed by atoms with Gasteiger partial charge in [0.1, 0.15) is 0 Å². The number of piperidine rings is 1. The summed E-state index contributed by atoms with van der Waals surface area (Å²) in [5.74, 6) is 0.273. The van der Waals surface area contributed by atoms with Crippen LogP contribution < -0.4 is 0 Å². The number of hydrogen-bond donors (Lipinski definition) is 0. The monoisotopic (exact) mass is 305 g/mol. The Morgan fingerprint density at radius 2 is 2.09 bits per heavy atom. The highest BCUT2D eigenvalue weighted by Gasteiger charge is 2.24. The van der Waals surface area contributed by atoms with E-state index < -0.39 is 0 Å². The second kappa shape index (κ2) is 7.42. The molecule has 0 aliphatic carbocycles. The van der Waals surface area contributed by atoms with Crippen LogP contribution in [-0.4, -0.2) is 59.9 Å². The molecule has 0 radical (unpaired) electrons. The molecule has 0 saturated carbocycles. The van der Waals surface area contributed by atoms with Crippen LogP contribution in [0.4, 0.5) is 0 Å². The van der Waals surface area contributed by atoms with E-state index in [1.807, 2.05) is 0 Å². The number of Topliss-reactive ketones (excluding diaryl/α,β-unsaturated/α-hetero) is 1. The molecule has 1 fully saturated rings. The smallest absolute Gasteiger partial charge is 0.178 e. The van der Waals surface area contributed by atoms with Crippen LogP contribution in [0.25, 0.3) is 0 Å². The first-order valence-electron chi connectivity index (χ1n) is 8.52. The Bertz CT molecular complexity index is 519. The van der Waals surface area contributed by atoms with Crippen LogP contribution in [0.3, 0.4) is 0 Å². The highest BCUT2D eigenvalue weighted by atomic mass is 16.1. The van der Waals surface area contributed by atoms with Gasteiger partial charge in [-0.2, -0.15) is 0 Å². The predicted molar refractivity (Wildman–Crippen MR) is 91.7 cm³/mol. The van der Waals surface area contributed by atoms with E-state index in [9.17, 15) is 4.79 Å². The van der Waals surface area contributed by atoms with Gasteiger partial charge in [-0.25, -0.2) is 0 Å². The Kier molecular flexibility index (Phi) is 5.81. The zero-order chi connectivity index (χ0) is 16.3. The largest absolute Gasteiger partial charge is 0.348 e. The molecule has 0 amide bonds. The van der Waals surface area contributed by atoms with Gasteiger partial charge in [-0.05, 0) is 59.8 Å². The average Bonchev–Trinajstić information content (AvgIpc) is 2.76. The minimum atomic E-state index is 0.273. The van der Waals surface area contributed by atoms with E-state index in [0.717, 1.165) is 37.3 Å².